The number of hydrogen-bond acceptors (Lipinski definition) is 7. The van der Waals surface area contributed by atoms with Crippen LogP contribution >= 0.6 is 0 Å². The molecule has 0 saturated heterocycles. The van der Waals surface area contributed by atoms with Crippen LogP contribution in [0.1, 0.15) is 39.5 Å². The van der Waals surface area contributed by atoms with E-state index in [0.29, 0.717) is 24.0 Å². The molecule has 0 radical (unpaired) electrons. The number of pyridine rings is 1. The molecule has 5 aromatic heterocycles. The molecule has 0 aromatic carbocycles. The Morgan fingerprint density at radius 1 is 1.08 bits per heavy atom. The van der Waals surface area contributed by atoms with Gasteiger partial charge in [-0.05, 0) is 24.3 Å². The SMILES string of the molecule is O=C(c1nnc(-c2ccn(C(F)(F)F)n2)o1)N1CCc2[nH]cnc2[C@H]1c1cc2cccc(C(F)(F)F)n2n1. The van der Waals surface area contributed by atoms with Crippen molar-refractivity contribution >= 4 is 11.4 Å². The van der Waals surface area contributed by atoms with Crippen LogP contribution in [0.3, 0.4) is 0 Å². The number of carbonyl (C=O) groups is 1. The number of fused-ring (bicyclic) bond motifs is 2. The van der Waals surface area contributed by atoms with E-state index in [-0.39, 0.29) is 28.1 Å². The molecule has 1 atom stereocenters. The fraction of sp³-hybridized carbons (Fsp3) is 0.238. The average molecular weight is 537 g/mol. The summed E-state index contributed by atoms with van der Waals surface area (Å²) in [6.45, 7) is 0.0824. The third kappa shape index (κ3) is 3.86. The van der Waals surface area contributed by atoms with Crippen LogP contribution in [0.25, 0.3) is 17.1 Å². The van der Waals surface area contributed by atoms with Crippen molar-refractivity contribution in [2.24, 2.45) is 0 Å². The predicted octanol–water partition coefficient (Wildman–Crippen LogP) is 3.59. The van der Waals surface area contributed by atoms with Crippen molar-refractivity contribution in [2.45, 2.75) is 24.9 Å². The molecule has 1 amide bonds. The first-order chi connectivity index (χ1) is 18.0. The third-order valence-electron chi connectivity index (χ3n) is 5.94. The molecule has 0 spiro atoms. The molecule has 6 heterocycles. The van der Waals surface area contributed by atoms with Crippen LogP contribution in [-0.4, -0.2) is 56.9 Å². The van der Waals surface area contributed by atoms with Gasteiger partial charge < -0.3 is 14.3 Å². The molecule has 6 rings (SSSR count). The molecule has 0 saturated carbocycles. The van der Waals surface area contributed by atoms with Crippen LogP contribution in [0, 0.1) is 0 Å². The van der Waals surface area contributed by atoms with Gasteiger partial charge in [0.25, 0.3) is 5.89 Å². The van der Waals surface area contributed by atoms with Gasteiger partial charge in [-0.3, -0.25) is 4.79 Å². The largest absolute Gasteiger partial charge is 0.504 e. The van der Waals surface area contributed by atoms with Gasteiger partial charge in [0.15, 0.2) is 0 Å². The quantitative estimate of drug-likeness (QED) is 0.349. The van der Waals surface area contributed by atoms with Gasteiger partial charge in [-0.15, -0.1) is 23.4 Å². The van der Waals surface area contributed by atoms with E-state index in [9.17, 15) is 31.1 Å². The van der Waals surface area contributed by atoms with Gasteiger partial charge >= 0.3 is 24.3 Å². The van der Waals surface area contributed by atoms with E-state index >= 15 is 0 Å². The standard InChI is InChI=1S/C21H13F6N9O2/c22-20(23,24)14-3-1-2-10-8-13(33-36(10)14)16-15-11(28-9-29-15)4-6-34(16)19(37)18-31-30-17(38-18)12-5-7-35(32-12)21(25,26)27/h1-3,5,7-9,16H,4,6H2,(H,28,29)/t16-/m1/s1. The lowest BCUT2D eigenvalue weighted by Crippen LogP contribution is -2.41. The van der Waals surface area contributed by atoms with Crippen molar-refractivity contribution in [1.82, 2.24) is 44.5 Å². The van der Waals surface area contributed by atoms with Gasteiger partial charge in [0.1, 0.15) is 17.4 Å². The first-order valence-corrected chi connectivity index (χ1v) is 10.9. The van der Waals surface area contributed by atoms with Crippen LogP contribution in [0.5, 0.6) is 0 Å². The summed E-state index contributed by atoms with van der Waals surface area (Å²) in [7, 11) is 0. The molecule has 196 valence electrons. The molecule has 38 heavy (non-hydrogen) atoms. The molecule has 0 fully saturated rings. The number of carbonyl (C=O) groups excluding carboxylic acids is 1. The molecule has 0 bridgehead atoms. The molecule has 1 aliphatic rings. The zero-order valence-electron chi connectivity index (χ0n) is 18.7. The average Bonchev–Trinajstić information content (AvgIpc) is 3.65. The molecule has 5 aromatic rings. The molecule has 0 unspecified atom stereocenters. The maximum Gasteiger partial charge on any atom is 0.504 e. The Balaban J connectivity index is 1.38. The van der Waals surface area contributed by atoms with Gasteiger partial charge in [-0.1, -0.05) is 6.07 Å². The number of aromatic nitrogens is 8. The maximum absolute atomic E-state index is 13.6. The number of aromatic amines is 1. The Labute approximate surface area is 206 Å². The molecular weight excluding hydrogens is 524 g/mol. The van der Waals surface area contributed by atoms with E-state index in [1.165, 1.54) is 29.4 Å². The zero-order valence-corrected chi connectivity index (χ0v) is 18.7. The van der Waals surface area contributed by atoms with Crippen molar-refractivity contribution in [3.8, 4) is 11.6 Å². The molecule has 1 aliphatic heterocycles. The second-order valence-electron chi connectivity index (χ2n) is 8.26. The lowest BCUT2D eigenvalue weighted by atomic mass is 9.99. The van der Waals surface area contributed by atoms with E-state index < -0.39 is 41.9 Å². The highest BCUT2D eigenvalue weighted by atomic mass is 19.4. The van der Waals surface area contributed by atoms with Crippen molar-refractivity contribution in [3.05, 3.63) is 71.5 Å². The summed E-state index contributed by atoms with van der Waals surface area (Å²) in [6.07, 6.45) is -7.07. The molecule has 17 heteroatoms. The summed E-state index contributed by atoms with van der Waals surface area (Å²) in [5.41, 5.74) is -0.0334. The smallest absolute Gasteiger partial charge is 0.411 e. The first-order valence-electron chi connectivity index (χ1n) is 10.9. The highest BCUT2D eigenvalue weighted by Gasteiger charge is 2.40. The first kappa shape index (κ1) is 23.7. The van der Waals surface area contributed by atoms with Gasteiger partial charge in [-0.2, -0.15) is 28.1 Å². The Bertz CT molecular complexity index is 1660. The van der Waals surface area contributed by atoms with Crippen LogP contribution < -0.4 is 0 Å². The third-order valence-corrected chi connectivity index (χ3v) is 5.94. The number of amides is 1. The van der Waals surface area contributed by atoms with Crippen LogP contribution in [0.15, 0.2) is 47.3 Å². The van der Waals surface area contributed by atoms with Crippen molar-refractivity contribution in [2.75, 3.05) is 6.54 Å². The van der Waals surface area contributed by atoms with E-state index in [0.717, 1.165) is 16.6 Å². The number of nitrogens with one attached hydrogen (secondary N) is 1. The molecular formula is C21H13F6N9O2. The summed E-state index contributed by atoms with van der Waals surface area (Å²) in [5, 5.41) is 14.8. The number of hydrogen-bond donors (Lipinski definition) is 1. The number of H-pyrrole nitrogens is 1. The van der Waals surface area contributed by atoms with Gasteiger partial charge in [-0.25, -0.2) is 9.50 Å². The van der Waals surface area contributed by atoms with Crippen LogP contribution in [0.4, 0.5) is 26.3 Å². The van der Waals surface area contributed by atoms with E-state index in [4.69, 9.17) is 4.42 Å². The Hall–Kier alpha value is -4.70. The molecule has 0 aliphatic carbocycles. The normalized spacial score (nSPS) is 16.3. The lowest BCUT2D eigenvalue weighted by molar-refractivity contribution is -0.212. The lowest BCUT2D eigenvalue weighted by Gasteiger charge is -2.32. The summed E-state index contributed by atoms with van der Waals surface area (Å²) in [6, 6.07) is 4.95. The summed E-state index contributed by atoms with van der Waals surface area (Å²) in [5.74, 6) is -1.79. The van der Waals surface area contributed by atoms with E-state index in [1.807, 2.05) is 0 Å². The summed E-state index contributed by atoms with van der Waals surface area (Å²) < 4.78 is 85.0. The number of imidazole rings is 1. The second kappa shape index (κ2) is 8.15. The van der Waals surface area contributed by atoms with Crippen molar-refractivity contribution in [1.29, 1.82) is 0 Å². The number of halogens is 6. The predicted molar refractivity (Wildman–Crippen MR) is 112 cm³/mol. The highest BCUT2D eigenvalue weighted by molar-refractivity contribution is 5.90. The van der Waals surface area contributed by atoms with Gasteiger partial charge in [0, 0.05) is 24.9 Å². The minimum atomic E-state index is -4.76. The van der Waals surface area contributed by atoms with Gasteiger partial charge in [0.05, 0.1) is 23.2 Å². The van der Waals surface area contributed by atoms with E-state index in [1.54, 1.807) is 0 Å². The molecule has 1 N–H and O–H groups in total. The second-order valence-corrected chi connectivity index (χ2v) is 8.26. The minimum Gasteiger partial charge on any atom is -0.411 e. The Kier molecular flexibility index (Phi) is 5.08. The topological polar surface area (TPSA) is 123 Å². The zero-order chi connectivity index (χ0) is 26.8. The maximum atomic E-state index is 13.6. The van der Waals surface area contributed by atoms with Crippen molar-refractivity contribution in [3.63, 3.8) is 0 Å². The highest BCUT2D eigenvalue weighted by Crippen LogP contribution is 2.36. The Morgan fingerprint density at radius 2 is 1.89 bits per heavy atom. The van der Waals surface area contributed by atoms with Crippen molar-refractivity contribution < 1.29 is 35.6 Å². The fourth-order valence-corrected chi connectivity index (χ4v) is 4.29. The molecule has 11 nitrogen and oxygen atoms in total. The number of alkyl halides is 6. The number of nitrogens with zero attached hydrogens (tertiary/aromatic N) is 8. The summed E-state index contributed by atoms with van der Waals surface area (Å²) >= 11 is 0. The summed E-state index contributed by atoms with van der Waals surface area (Å²) in [4.78, 5) is 21.9. The minimum absolute atomic E-state index is 0.0824. The van der Waals surface area contributed by atoms with Gasteiger partial charge in [0.2, 0.25) is 0 Å². The van der Waals surface area contributed by atoms with E-state index in [2.05, 4.69) is 30.4 Å². The Morgan fingerprint density at radius 3 is 2.63 bits per heavy atom. The van der Waals surface area contributed by atoms with Crippen LogP contribution in [0.2, 0.25) is 0 Å². The fourth-order valence-electron chi connectivity index (χ4n) is 4.29. The monoisotopic (exact) mass is 537 g/mol. The van der Waals surface area contributed by atoms with Crippen LogP contribution in [-0.2, 0) is 18.9 Å². The number of rotatable bonds is 3.